The number of aromatic nitrogens is 2. The van der Waals surface area contributed by atoms with Gasteiger partial charge in [-0.25, -0.2) is 14.4 Å². The first-order chi connectivity index (χ1) is 16.1. The van der Waals surface area contributed by atoms with Crippen LogP contribution in [0.1, 0.15) is 15.9 Å². The molecule has 0 saturated carbocycles. The highest BCUT2D eigenvalue weighted by Gasteiger charge is 2.14. The fourth-order valence-corrected chi connectivity index (χ4v) is 3.33. The minimum Gasteiger partial charge on any atom is -0.454 e. The Morgan fingerprint density at radius 3 is 2.70 bits per heavy atom. The Labute approximate surface area is 188 Å². The summed E-state index contributed by atoms with van der Waals surface area (Å²) in [6.07, 6.45) is 1.37. The maximum absolute atomic E-state index is 13.2. The van der Waals surface area contributed by atoms with Gasteiger partial charge >= 0.3 is 0 Å². The third-order valence-electron chi connectivity index (χ3n) is 4.99. The summed E-state index contributed by atoms with van der Waals surface area (Å²) in [7, 11) is 0. The van der Waals surface area contributed by atoms with Crippen molar-refractivity contribution in [1.29, 1.82) is 0 Å². The maximum Gasteiger partial charge on any atom is 0.251 e. The van der Waals surface area contributed by atoms with Crippen molar-refractivity contribution in [2.75, 3.05) is 6.79 Å². The van der Waals surface area contributed by atoms with E-state index in [0.717, 1.165) is 11.1 Å². The van der Waals surface area contributed by atoms with Gasteiger partial charge in [-0.2, -0.15) is 0 Å². The molecule has 5 rings (SSSR count). The van der Waals surface area contributed by atoms with Gasteiger partial charge in [0.2, 0.25) is 12.7 Å². The van der Waals surface area contributed by atoms with E-state index in [4.69, 9.17) is 14.2 Å². The molecule has 0 unspecified atom stereocenters. The van der Waals surface area contributed by atoms with E-state index in [0.29, 0.717) is 40.9 Å². The lowest BCUT2D eigenvalue weighted by atomic mass is 10.1. The van der Waals surface area contributed by atoms with E-state index >= 15 is 0 Å². The summed E-state index contributed by atoms with van der Waals surface area (Å²) in [6.45, 7) is 0.545. The van der Waals surface area contributed by atoms with Crippen molar-refractivity contribution in [2.45, 2.75) is 6.54 Å². The van der Waals surface area contributed by atoms with Crippen molar-refractivity contribution in [3.63, 3.8) is 0 Å². The zero-order valence-electron chi connectivity index (χ0n) is 17.3. The molecule has 0 saturated heterocycles. The SMILES string of the molecule is O=C(NCc1ccc2c(c1)OCO2)c1cccc(Oc2cc(-c3ccc(F)cc3)ncn2)c1. The van der Waals surface area contributed by atoms with Gasteiger partial charge in [0.05, 0.1) is 5.69 Å². The second-order valence-corrected chi connectivity index (χ2v) is 7.25. The monoisotopic (exact) mass is 443 g/mol. The predicted octanol–water partition coefficient (Wildman–Crippen LogP) is 4.73. The molecule has 0 radical (unpaired) electrons. The van der Waals surface area contributed by atoms with Crippen LogP contribution in [0.4, 0.5) is 4.39 Å². The molecule has 1 amide bonds. The van der Waals surface area contributed by atoms with Gasteiger partial charge in [-0.05, 0) is 60.2 Å². The van der Waals surface area contributed by atoms with Gasteiger partial charge in [0, 0.05) is 23.7 Å². The molecular weight excluding hydrogens is 425 g/mol. The van der Waals surface area contributed by atoms with Crippen LogP contribution in [-0.4, -0.2) is 22.7 Å². The summed E-state index contributed by atoms with van der Waals surface area (Å²) in [6, 6.07) is 20.0. The molecule has 0 aliphatic carbocycles. The van der Waals surface area contributed by atoms with Gasteiger partial charge in [0.15, 0.2) is 11.5 Å². The number of benzene rings is 3. The Balaban J connectivity index is 1.26. The third-order valence-corrected chi connectivity index (χ3v) is 4.99. The van der Waals surface area contributed by atoms with E-state index in [1.54, 1.807) is 42.5 Å². The number of hydrogen-bond acceptors (Lipinski definition) is 6. The highest BCUT2D eigenvalue weighted by molar-refractivity contribution is 5.94. The maximum atomic E-state index is 13.2. The third kappa shape index (κ3) is 4.74. The van der Waals surface area contributed by atoms with Gasteiger partial charge in [0.25, 0.3) is 5.91 Å². The fourth-order valence-electron chi connectivity index (χ4n) is 3.33. The average Bonchev–Trinajstić information content (AvgIpc) is 3.31. The van der Waals surface area contributed by atoms with E-state index in [1.807, 2.05) is 18.2 Å². The number of nitrogens with zero attached hydrogens (tertiary/aromatic N) is 2. The molecule has 8 heteroatoms. The summed E-state index contributed by atoms with van der Waals surface area (Å²) < 4.78 is 29.7. The molecule has 0 fully saturated rings. The van der Waals surface area contributed by atoms with Gasteiger partial charge in [-0.3, -0.25) is 4.79 Å². The molecule has 2 heterocycles. The number of amides is 1. The lowest BCUT2D eigenvalue weighted by Crippen LogP contribution is -2.22. The molecule has 164 valence electrons. The van der Waals surface area contributed by atoms with Gasteiger partial charge in [0.1, 0.15) is 17.9 Å². The second-order valence-electron chi connectivity index (χ2n) is 7.25. The van der Waals surface area contributed by atoms with Crippen LogP contribution in [0.25, 0.3) is 11.3 Å². The average molecular weight is 443 g/mol. The van der Waals surface area contributed by atoms with E-state index in [-0.39, 0.29) is 18.5 Å². The quantitative estimate of drug-likeness (QED) is 0.464. The van der Waals surface area contributed by atoms with Crippen LogP contribution in [-0.2, 0) is 6.54 Å². The molecular formula is C25H18FN3O4. The van der Waals surface area contributed by atoms with Crippen LogP contribution in [0.15, 0.2) is 79.1 Å². The van der Waals surface area contributed by atoms with E-state index in [9.17, 15) is 9.18 Å². The molecule has 0 bridgehead atoms. The van der Waals surface area contributed by atoms with Gasteiger partial charge in [-0.15, -0.1) is 0 Å². The first-order valence-electron chi connectivity index (χ1n) is 10.2. The molecule has 1 aliphatic rings. The first kappa shape index (κ1) is 20.4. The number of carbonyl (C=O) groups excluding carboxylic acids is 1. The molecule has 33 heavy (non-hydrogen) atoms. The van der Waals surface area contributed by atoms with E-state index < -0.39 is 0 Å². The summed E-state index contributed by atoms with van der Waals surface area (Å²) in [5, 5.41) is 2.89. The summed E-state index contributed by atoms with van der Waals surface area (Å²) in [5.41, 5.74) is 2.67. The lowest BCUT2D eigenvalue weighted by Gasteiger charge is -2.09. The first-order valence-corrected chi connectivity index (χ1v) is 10.2. The number of ether oxygens (including phenoxy) is 3. The summed E-state index contributed by atoms with van der Waals surface area (Å²) in [5.74, 6) is 1.56. The molecule has 4 aromatic rings. The fraction of sp³-hybridized carbons (Fsp3) is 0.0800. The molecule has 1 N–H and O–H groups in total. The molecule has 1 aromatic heterocycles. The van der Waals surface area contributed by atoms with E-state index in [2.05, 4.69) is 15.3 Å². The number of fused-ring (bicyclic) bond motifs is 1. The second kappa shape index (κ2) is 8.96. The van der Waals surface area contributed by atoms with Gasteiger partial charge < -0.3 is 19.5 Å². The van der Waals surface area contributed by atoms with Gasteiger partial charge in [-0.1, -0.05) is 12.1 Å². The van der Waals surface area contributed by atoms with Crippen molar-refractivity contribution in [1.82, 2.24) is 15.3 Å². The minimum atomic E-state index is -0.321. The highest BCUT2D eigenvalue weighted by Crippen LogP contribution is 2.32. The Bertz CT molecular complexity index is 1310. The molecule has 7 nitrogen and oxygen atoms in total. The van der Waals surface area contributed by atoms with Crippen molar-refractivity contribution >= 4 is 5.91 Å². The Hall–Kier alpha value is -4.46. The number of rotatable bonds is 6. The Morgan fingerprint density at radius 2 is 1.82 bits per heavy atom. The van der Waals surface area contributed by atoms with E-state index in [1.165, 1.54) is 18.5 Å². The number of carbonyl (C=O) groups is 1. The van der Waals surface area contributed by atoms with Crippen LogP contribution in [0.3, 0.4) is 0 Å². The summed E-state index contributed by atoms with van der Waals surface area (Å²) in [4.78, 5) is 21.0. The van der Waals surface area contributed by atoms with Crippen molar-refractivity contribution < 1.29 is 23.4 Å². The number of nitrogens with one attached hydrogen (secondary N) is 1. The molecule has 1 aliphatic heterocycles. The zero-order chi connectivity index (χ0) is 22.6. The topological polar surface area (TPSA) is 82.6 Å². The smallest absolute Gasteiger partial charge is 0.251 e. The molecule has 0 spiro atoms. The van der Waals surface area contributed by atoms with Crippen LogP contribution in [0.2, 0.25) is 0 Å². The predicted molar refractivity (Wildman–Crippen MR) is 118 cm³/mol. The zero-order valence-corrected chi connectivity index (χ0v) is 17.3. The Kier molecular flexibility index (Phi) is 5.55. The summed E-state index contributed by atoms with van der Waals surface area (Å²) >= 11 is 0. The molecule has 0 atom stereocenters. The van der Waals surface area contributed by atoms with Crippen LogP contribution in [0.5, 0.6) is 23.1 Å². The van der Waals surface area contributed by atoms with Crippen molar-refractivity contribution in [3.05, 3.63) is 96.1 Å². The number of hydrogen-bond donors (Lipinski definition) is 1. The van der Waals surface area contributed by atoms with Crippen molar-refractivity contribution in [2.24, 2.45) is 0 Å². The largest absolute Gasteiger partial charge is 0.454 e. The van der Waals surface area contributed by atoms with Crippen molar-refractivity contribution in [3.8, 4) is 34.4 Å². The Morgan fingerprint density at radius 1 is 0.970 bits per heavy atom. The normalized spacial score (nSPS) is 11.8. The van der Waals surface area contributed by atoms with Crippen LogP contribution < -0.4 is 19.5 Å². The minimum absolute atomic E-state index is 0.204. The lowest BCUT2D eigenvalue weighted by molar-refractivity contribution is 0.0950. The molecule has 3 aromatic carbocycles. The number of halogens is 1. The van der Waals surface area contributed by atoms with Crippen LogP contribution >= 0.6 is 0 Å². The van der Waals surface area contributed by atoms with Crippen LogP contribution in [0, 0.1) is 5.82 Å². The highest BCUT2D eigenvalue weighted by atomic mass is 19.1. The standard InChI is InChI=1S/C25H18FN3O4/c26-19-7-5-17(6-8-19)21-12-24(29-14-28-21)33-20-3-1-2-18(11-20)25(30)27-13-16-4-9-22-23(10-16)32-15-31-22/h1-12,14H,13,15H2,(H,27,30).